The van der Waals surface area contributed by atoms with Gasteiger partial charge >= 0.3 is 0 Å². The highest BCUT2D eigenvalue weighted by atomic mass is 32.2. The van der Waals surface area contributed by atoms with Gasteiger partial charge in [0.1, 0.15) is 5.03 Å². The van der Waals surface area contributed by atoms with Gasteiger partial charge in [0.15, 0.2) is 0 Å². The summed E-state index contributed by atoms with van der Waals surface area (Å²) in [7, 11) is 0. The second-order valence-corrected chi connectivity index (χ2v) is 5.98. The van der Waals surface area contributed by atoms with Crippen LogP contribution in [-0.4, -0.2) is 22.2 Å². The third-order valence-corrected chi connectivity index (χ3v) is 4.29. The van der Waals surface area contributed by atoms with E-state index in [2.05, 4.69) is 10.3 Å². The highest BCUT2D eigenvalue weighted by Crippen LogP contribution is 2.26. The molecule has 1 atom stereocenters. The number of carbonyl (C=O) groups is 1. The maximum Gasteiger partial charge on any atom is 0.233 e. The first-order valence-electron chi connectivity index (χ1n) is 6.34. The molecular formula is C13H19N3OS. The first-order chi connectivity index (χ1) is 8.66. The Hall–Kier alpha value is -1.23. The molecule has 5 heteroatoms. The molecule has 0 radical (unpaired) electrons. The van der Waals surface area contributed by atoms with Crippen LogP contribution in [0.3, 0.4) is 0 Å². The van der Waals surface area contributed by atoms with E-state index in [4.69, 9.17) is 5.73 Å². The number of aromatic nitrogens is 1. The van der Waals surface area contributed by atoms with Crippen LogP contribution in [0.4, 0.5) is 5.69 Å². The molecule has 0 aromatic carbocycles. The molecule has 98 valence electrons. The van der Waals surface area contributed by atoms with Gasteiger partial charge in [0.2, 0.25) is 5.91 Å². The number of nitrogen functional groups attached to an aromatic ring is 1. The lowest BCUT2D eigenvalue weighted by Gasteiger charge is -2.16. The summed E-state index contributed by atoms with van der Waals surface area (Å²) >= 11 is 1.41. The van der Waals surface area contributed by atoms with Crippen LogP contribution in [0.15, 0.2) is 23.4 Å². The summed E-state index contributed by atoms with van der Waals surface area (Å²) in [6.07, 6.45) is 6.35. The highest BCUT2D eigenvalue weighted by molar-refractivity contribution is 8.00. The SMILES string of the molecule is CC(Sc1ncccc1N)C(=O)NC1CCCC1. The Morgan fingerprint density at radius 3 is 2.94 bits per heavy atom. The molecule has 0 saturated heterocycles. The van der Waals surface area contributed by atoms with Crippen LogP contribution in [0.1, 0.15) is 32.6 Å². The Labute approximate surface area is 112 Å². The maximum atomic E-state index is 12.0. The quantitative estimate of drug-likeness (QED) is 0.819. The zero-order valence-corrected chi connectivity index (χ0v) is 11.4. The Morgan fingerprint density at radius 2 is 2.28 bits per heavy atom. The molecule has 3 N–H and O–H groups in total. The Balaban J connectivity index is 1.89. The van der Waals surface area contributed by atoms with Crippen molar-refractivity contribution in [2.45, 2.75) is 48.9 Å². The number of thioether (sulfide) groups is 1. The van der Waals surface area contributed by atoms with Crippen LogP contribution in [0.2, 0.25) is 0 Å². The molecule has 2 rings (SSSR count). The van der Waals surface area contributed by atoms with Crippen molar-refractivity contribution in [3.05, 3.63) is 18.3 Å². The van der Waals surface area contributed by atoms with Crippen molar-refractivity contribution in [1.29, 1.82) is 0 Å². The van der Waals surface area contributed by atoms with E-state index in [0.29, 0.717) is 11.7 Å². The van der Waals surface area contributed by atoms with Crippen molar-refractivity contribution >= 4 is 23.4 Å². The van der Waals surface area contributed by atoms with Gasteiger partial charge in [-0.15, -0.1) is 0 Å². The fourth-order valence-electron chi connectivity index (χ4n) is 2.11. The first-order valence-corrected chi connectivity index (χ1v) is 7.22. The van der Waals surface area contributed by atoms with Crippen molar-refractivity contribution in [2.24, 2.45) is 0 Å². The molecule has 1 fully saturated rings. The standard InChI is InChI=1S/C13H19N3OS/c1-9(12(17)16-10-5-2-3-6-10)18-13-11(14)7-4-8-15-13/h4,7-10H,2-3,5-6,14H2,1H3,(H,16,17). The largest absolute Gasteiger partial charge is 0.397 e. The van der Waals surface area contributed by atoms with Crippen LogP contribution >= 0.6 is 11.8 Å². The van der Waals surface area contributed by atoms with E-state index >= 15 is 0 Å². The lowest BCUT2D eigenvalue weighted by Crippen LogP contribution is -2.37. The summed E-state index contributed by atoms with van der Waals surface area (Å²) in [5, 5.41) is 3.65. The Bertz CT molecular complexity index is 418. The molecule has 18 heavy (non-hydrogen) atoms. The van der Waals surface area contributed by atoms with Crippen LogP contribution in [0.25, 0.3) is 0 Å². The van der Waals surface area contributed by atoms with E-state index in [9.17, 15) is 4.79 Å². The number of nitrogens with one attached hydrogen (secondary N) is 1. The summed E-state index contributed by atoms with van der Waals surface area (Å²) in [6, 6.07) is 3.96. The number of amides is 1. The zero-order valence-electron chi connectivity index (χ0n) is 10.6. The van der Waals surface area contributed by atoms with Crippen LogP contribution in [-0.2, 0) is 4.79 Å². The van der Waals surface area contributed by atoms with Crippen molar-refractivity contribution < 1.29 is 4.79 Å². The molecule has 0 bridgehead atoms. The smallest absolute Gasteiger partial charge is 0.233 e. The number of pyridine rings is 1. The minimum atomic E-state index is -0.164. The minimum Gasteiger partial charge on any atom is -0.397 e. The van der Waals surface area contributed by atoms with E-state index in [1.165, 1.54) is 24.6 Å². The highest BCUT2D eigenvalue weighted by Gasteiger charge is 2.21. The first kappa shape index (κ1) is 13.2. The van der Waals surface area contributed by atoms with E-state index in [-0.39, 0.29) is 11.2 Å². The minimum absolute atomic E-state index is 0.0805. The molecule has 1 unspecified atom stereocenters. The number of nitrogens with zero attached hydrogens (tertiary/aromatic N) is 1. The van der Waals surface area contributed by atoms with Gasteiger partial charge in [0.05, 0.1) is 10.9 Å². The third-order valence-electron chi connectivity index (χ3n) is 3.16. The molecule has 4 nitrogen and oxygen atoms in total. The molecule has 1 aliphatic rings. The van der Waals surface area contributed by atoms with E-state index < -0.39 is 0 Å². The van der Waals surface area contributed by atoms with Gasteiger partial charge in [0.25, 0.3) is 0 Å². The maximum absolute atomic E-state index is 12.0. The average Bonchev–Trinajstić information content (AvgIpc) is 2.84. The van der Waals surface area contributed by atoms with Gasteiger partial charge in [-0.25, -0.2) is 4.98 Å². The van der Waals surface area contributed by atoms with Gasteiger partial charge in [-0.05, 0) is 31.9 Å². The predicted molar refractivity (Wildman–Crippen MR) is 74.4 cm³/mol. The number of hydrogen-bond acceptors (Lipinski definition) is 4. The summed E-state index contributed by atoms with van der Waals surface area (Å²) in [6.45, 7) is 1.89. The van der Waals surface area contributed by atoms with Crippen molar-refractivity contribution in [1.82, 2.24) is 10.3 Å². The zero-order chi connectivity index (χ0) is 13.0. The van der Waals surface area contributed by atoms with Crippen LogP contribution in [0, 0.1) is 0 Å². The van der Waals surface area contributed by atoms with Crippen LogP contribution < -0.4 is 11.1 Å². The number of anilines is 1. The molecule has 1 aromatic rings. The topological polar surface area (TPSA) is 68.0 Å². The fourth-order valence-corrected chi connectivity index (χ4v) is 2.95. The molecular weight excluding hydrogens is 246 g/mol. The van der Waals surface area contributed by atoms with E-state index in [0.717, 1.165) is 17.9 Å². The molecule has 1 heterocycles. The Morgan fingerprint density at radius 1 is 1.56 bits per heavy atom. The van der Waals surface area contributed by atoms with Crippen molar-refractivity contribution in [3.8, 4) is 0 Å². The predicted octanol–water partition coefficient (Wildman–Crippen LogP) is 2.20. The van der Waals surface area contributed by atoms with Gasteiger partial charge in [-0.2, -0.15) is 0 Å². The van der Waals surface area contributed by atoms with Crippen molar-refractivity contribution in [2.75, 3.05) is 5.73 Å². The second kappa shape index (κ2) is 6.09. The average molecular weight is 265 g/mol. The number of hydrogen-bond donors (Lipinski definition) is 2. The normalized spacial score (nSPS) is 17.6. The van der Waals surface area contributed by atoms with E-state index in [1.54, 1.807) is 18.3 Å². The molecule has 1 saturated carbocycles. The van der Waals surface area contributed by atoms with Gasteiger partial charge < -0.3 is 11.1 Å². The molecule has 0 aliphatic heterocycles. The molecule has 0 spiro atoms. The lowest BCUT2D eigenvalue weighted by atomic mass is 10.2. The number of nitrogens with two attached hydrogens (primary N) is 1. The second-order valence-electron chi connectivity index (χ2n) is 4.65. The summed E-state index contributed by atoms with van der Waals surface area (Å²) in [5.74, 6) is 0.0805. The fraction of sp³-hybridized carbons (Fsp3) is 0.538. The summed E-state index contributed by atoms with van der Waals surface area (Å²) < 4.78 is 0. The number of carbonyl (C=O) groups excluding carboxylic acids is 1. The van der Waals surface area contributed by atoms with E-state index in [1.807, 2.05) is 6.92 Å². The number of rotatable bonds is 4. The lowest BCUT2D eigenvalue weighted by molar-refractivity contribution is -0.120. The van der Waals surface area contributed by atoms with Gasteiger partial charge in [-0.1, -0.05) is 24.6 Å². The monoisotopic (exact) mass is 265 g/mol. The molecule has 1 amide bonds. The molecule has 1 aromatic heterocycles. The Kier molecular flexibility index (Phi) is 4.47. The van der Waals surface area contributed by atoms with Gasteiger partial charge in [-0.3, -0.25) is 4.79 Å². The summed E-state index contributed by atoms with van der Waals surface area (Å²) in [4.78, 5) is 16.2. The summed E-state index contributed by atoms with van der Waals surface area (Å²) in [5.41, 5.74) is 6.45. The van der Waals surface area contributed by atoms with Gasteiger partial charge in [0, 0.05) is 12.2 Å². The molecule has 1 aliphatic carbocycles. The third kappa shape index (κ3) is 3.38. The van der Waals surface area contributed by atoms with Crippen LogP contribution in [0.5, 0.6) is 0 Å². The van der Waals surface area contributed by atoms with Crippen molar-refractivity contribution in [3.63, 3.8) is 0 Å².